The molecule has 0 aromatic carbocycles. The van der Waals surface area contributed by atoms with Gasteiger partial charge in [0, 0.05) is 26.0 Å². The molecule has 4 nitrogen and oxygen atoms in total. The molecule has 1 heterocycles. The minimum atomic E-state index is 0.840. The molecule has 0 fully saturated rings. The molecule has 110 valence electrons. The van der Waals surface area contributed by atoms with Crippen LogP contribution >= 0.6 is 0 Å². The van der Waals surface area contributed by atoms with E-state index in [1.807, 2.05) is 0 Å². The Balaban J connectivity index is 2.46. The van der Waals surface area contributed by atoms with Gasteiger partial charge < -0.3 is 10.1 Å². The highest BCUT2D eigenvalue weighted by molar-refractivity contribution is 5.24. The quantitative estimate of drug-likeness (QED) is 0.662. The van der Waals surface area contributed by atoms with Crippen molar-refractivity contribution >= 4 is 0 Å². The summed E-state index contributed by atoms with van der Waals surface area (Å²) in [6.07, 6.45) is 4.50. The minimum absolute atomic E-state index is 0.840. The van der Waals surface area contributed by atoms with Crippen molar-refractivity contribution in [1.82, 2.24) is 15.1 Å². The Morgan fingerprint density at radius 1 is 1.21 bits per heavy atom. The van der Waals surface area contributed by atoms with Crippen LogP contribution in [-0.2, 0) is 17.7 Å². The van der Waals surface area contributed by atoms with Crippen LogP contribution in [-0.4, -0.2) is 36.6 Å². The van der Waals surface area contributed by atoms with Gasteiger partial charge in [0.1, 0.15) is 0 Å². The van der Waals surface area contributed by atoms with E-state index in [-0.39, 0.29) is 0 Å². The van der Waals surface area contributed by atoms with E-state index < -0.39 is 0 Å². The maximum absolute atomic E-state index is 5.08. The third-order valence-corrected chi connectivity index (χ3v) is 3.48. The molecular formula is C15H29N3O. The highest BCUT2D eigenvalue weighted by Gasteiger charge is 2.10. The first-order valence-corrected chi connectivity index (χ1v) is 7.43. The number of aryl methyl sites for hydroxylation is 2. The van der Waals surface area contributed by atoms with Gasteiger partial charge in [0.2, 0.25) is 0 Å². The molecule has 0 saturated heterocycles. The number of methoxy groups -OCH3 is 1. The number of hydrogen-bond donors (Lipinski definition) is 1. The number of ether oxygens (including phenoxy) is 1. The van der Waals surface area contributed by atoms with Crippen LogP contribution in [0.5, 0.6) is 0 Å². The summed E-state index contributed by atoms with van der Waals surface area (Å²) in [4.78, 5) is 0. The van der Waals surface area contributed by atoms with Gasteiger partial charge in [-0.3, -0.25) is 4.68 Å². The Kier molecular flexibility index (Phi) is 7.75. The Bertz CT molecular complexity index is 361. The fourth-order valence-corrected chi connectivity index (χ4v) is 2.34. The average molecular weight is 267 g/mol. The molecule has 1 aromatic rings. The van der Waals surface area contributed by atoms with Crippen molar-refractivity contribution in [3.63, 3.8) is 0 Å². The first kappa shape index (κ1) is 16.2. The lowest BCUT2D eigenvalue weighted by Crippen LogP contribution is -2.18. The summed E-state index contributed by atoms with van der Waals surface area (Å²) < 4.78 is 7.23. The standard InChI is InChI=1S/C15H29N3O/c1-5-9-16-10-8-15-13(2)17-18(14(15)3)11-6-7-12-19-4/h16H,5-12H2,1-4H3. The summed E-state index contributed by atoms with van der Waals surface area (Å²) in [5, 5.41) is 8.11. The molecule has 1 aromatic heterocycles. The van der Waals surface area contributed by atoms with Gasteiger partial charge in [0.25, 0.3) is 0 Å². The zero-order valence-electron chi connectivity index (χ0n) is 13.0. The molecule has 0 bridgehead atoms. The number of rotatable bonds is 10. The van der Waals surface area contributed by atoms with Gasteiger partial charge >= 0.3 is 0 Å². The van der Waals surface area contributed by atoms with Crippen LogP contribution in [0, 0.1) is 13.8 Å². The zero-order valence-corrected chi connectivity index (χ0v) is 13.0. The van der Waals surface area contributed by atoms with Crippen molar-refractivity contribution in [3.05, 3.63) is 17.0 Å². The maximum atomic E-state index is 5.08. The van der Waals surface area contributed by atoms with Gasteiger partial charge in [-0.05, 0) is 58.2 Å². The van der Waals surface area contributed by atoms with Crippen molar-refractivity contribution in [2.24, 2.45) is 0 Å². The smallest absolute Gasteiger partial charge is 0.0628 e. The molecular weight excluding hydrogens is 238 g/mol. The molecule has 0 unspecified atom stereocenters. The second-order valence-corrected chi connectivity index (χ2v) is 5.07. The first-order chi connectivity index (χ1) is 9.20. The van der Waals surface area contributed by atoms with Crippen molar-refractivity contribution in [1.29, 1.82) is 0 Å². The van der Waals surface area contributed by atoms with E-state index in [0.29, 0.717) is 0 Å². The molecule has 0 radical (unpaired) electrons. The van der Waals surface area contributed by atoms with E-state index >= 15 is 0 Å². The molecule has 0 aliphatic carbocycles. The molecule has 1 rings (SSSR count). The summed E-state index contributed by atoms with van der Waals surface area (Å²) >= 11 is 0. The highest BCUT2D eigenvalue weighted by Crippen LogP contribution is 2.14. The summed E-state index contributed by atoms with van der Waals surface area (Å²) in [5.74, 6) is 0. The molecule has 4 heteroatoms. The van der Waals surface area contributed by atoms with Gasteiger partial charge in [-0.25, -0.2) is 0 Å². The third-order valence-electron chi connectivity index (χ3n) is 3.48. The fourth-order valence-electron chi connectivity index (χ4n) is 2.34. The van der Waals surface area contributed by atoms with Gasteiger partial charge in [0.15, 0.2) is 0 Å². The van der Waals surface area contributed by atoms with Crippen molar-refractivity contribution in [3.8, 4) is 0 Å². The number of nitrogens with one attached hydrogen (secondary N) is 1. The van der Waals surface area contributed by atoms with E-state index in [0.717, 1.165) is 45.5 Å². The van der Waals surface area contributed by atoms with E-state index in [1.165, 1.54) is 23.4 Å². The van der Waals surface area contributed by atoms with Gasteiger partial charge in [-0.15, -0.1) is 0 Å². The summed E-state index contributed by atoms with van der Waals surface area (Å²) in [6, 6.07) is 0. The molecule has 1 N–H and O–H groups in total. The zero-order chi connectivity index (χ0) is 14.1. The van der Waals surface area contributed by atoms with Crippen LogP contribution in [0.4, 0.5) is 0 Å². The van der Waals surface area contributed by atoms with Crippen molar-refractivity contribution in [2.45, 2.75) is 53.0 Å². The molecule has 19 heavy (non-hydrogen) atoms. The van der Waals surface area contributed by atoms with Gasteiger partial charge in [-0.2, -0.15) is 5.10 Å². The Morgan fingerprint density at radius 3 is 2.68 bits per heavy atom. The Morgan fingerprint density at radius 2 is 2.00 bits per heavy atom. The van der Waals surface area contributed by atoms with E-state index in [4.69, 9.17) is 4.74 Å². The number of aromatic nitrogens is 2. The van der Waals surface area contributed by atoms with E-state index in [1.54, 1.807) is 7.11 Å². The average Bonchev–Trinajstić information content (AvgIpc) is 2.67. The number of nitrogens with zero attached hydrogens (tertiary/aromatic N) is 2. The van der Waals surface area contributed by atoms with Crippen LogP contribution in [0.25, 0.3) is 0 Å². The first-order valence-electron chi connectivity index (χ1n) is 7.43. The molecule has 0 saturated carbocycles. The lowest BCUT2D eigenvalue weighted by Gasteiger charge is -2.06. The van der Waals surface area contributed by atoms with E-state index in [9.17, 15) is 0 Å². The molecule has 0 spiro atoms. The van der Waals surface area contributed by atoms with Crippen LogP contribution in [0.2, 0.25) is 0 Å². The molecule has 0 amide bonds. The SMILES string of the molecule is CCCNCCc1c(C)nn(CCCCOC)c1C. The number of unbranched alkanes of at least 4 members (excludes halogenated alkanes) is 1. The summed E-state index contributed by atoms with van der Waals surface area (Å²) in [5.41, 5.74) is 3.92. The van der Waals surface area contributed by atoms with Crippen LogP contribution in [0.15, 0.2) is 0 Å². The van der Waals surface area contributed by atoms with Crippen molar-refractivity contribution < 1.29 is 4.74 Å². The summed E-state index contributed by atoms with van der Waals surface area (Å²) in [6.45, 7) is 10.5. The molecule has 0 aliphatic rings. The van der Waals surface area contributed by atoms with Gasteiger partial charge in [0.05, 0.1) is 5.69 Å². The fraction of sp³-hybridized carbons (Fsp3) is 0.800. The third kappa shape index (κ3) is 5.33. The largest absolute Gasteiger partial charge is 0.385 e. The molecule has 0 aliphatic heterocycles. The lowest BCUT2D eigenvalue weighted by atomic mass is 10.1. The normalized spacial score (nSPS) is 11.2. The van der Waals surface area contributed by atoms with Crippen molar-refractivity contribution in [2.75, 3.05) is 26.8 Å². The number of hydrogen-bond acceptors (Lipinski definition) is 3. The van der Waals surface area contributed by atoms with E-state index in [2.05, 4.69) is 35.9 Å². The molecule has 0 atom stereocenters. The van der Waals surface area contributed by atoms with Gasteiger partial charge in [-0.1, -0.05) is 6.92 Å². The lowest BCUT2D eigenvalue weighted by molar-refractivity contribution is 0.191. The van der Waals surface area contributed by atoms with Crippen LogP contribution < -0.4 is 5.32 Å². The minimum Gasteiger partial charge on any atom is -0.385 e. The predicted octanol–water partition coefficient (Wildman–Crippen LogP) is 2.47. The Hall–Kier alpha value is -0.870. The monoisotopic (exact) mass is 267 g/mol. The topological polar surface area (TPSA) is 39.1 Å². The maximum Gasteiger partial charge on any atom is 0.0628 e. The second-order valence-electron chi connectivity index (χ2n) is 5.07. The van der Waals surface area contributed by atoms with Crippen LogP contribution in [0.1, 0.15) is 43.1 Å². The predicted molar refractivity (Wildman–Crippen MR) is 79.7 cm³/mol. The second kappa shape index (κ2) is 9.10. The highest BCUT2D eigenvalue weighted by atomic mass is 16.5. The summed E-state index contributed by atoms with van der Waals surface area (Å²) in [7, 11) is 1.75. The van der Waals surface area contributed by atoms with Crippen LogP contribution in [0.3, 0.4) is 0 Å². The Labute approximate surface area is 117 Å².